The maximum atomic E-state index is 11.5. The molecule has 1 fully saturated rings. The van der Waals surface area contributed by atoms with E-state index < -0.39 is 0 Å². The Balaban J connectivity index is 1.93. The highest BCUT2D eigenvalue weighted by atomic mass is 35.5. The molecule has 4 nitrogen and oxygen atoms in total. The number of hydrogen-bond donors (Lipinski definition) is 1. The van der Waals surface area contributed by atoms with Gasteiger partial charge in [0, 0.05) is 25.5 Å². The third-order valence-electron chi connectivity index (χ3n) is 2.76. The zero-order valence-corrected chi connectivity index (χ0v) is 11.0. The maximum absolute atomic E-state index is 11.5. The van der Waals surface area contributed by atoms with Crippen LogP contribution in [0.5, 0.6) is 0 Å². The van der Waals surface area contributed by atoms with Crippen molar-refractivity contribution in [3.63, 3.8) is 0 Å². The number of halogens is 1. The molecule has 1 amide bonds. The normalized spacial score (nSPS) is 20.2. The molecule has 1 heterocycles. The zero-order valence-electron chi connectivity index (χ0n) is 10.3. The number of amides is 1. The van der Waals surface area contributed by atoms with Gasteiger partial charge >= 0.3 is 0 Å². The summed E-state index contributed by atoms with van der Waals surface area (Å²) in [5.74, 6) is 0.570. The van der Waals surface area contributed by atoms with E-state index in [0.29, 0.717) is 32.1 Å². The van der Waals surface area contributed by atoms with Gasteiger partial charge in [-0.2, -0.15) is 0 Å². The molecule has 1 aliphatic rings. The Morgan fingerprint density at radius 3 is 3.00 bits per heavy atom. The van der Waals surface area contributed by atoms with E-state index in [-0.39, 0.29) is 12.0 Å². The third-order valence-corrected chi connectivity index (χ3v) is 2.91. The monoisotopic (exact) mass is 263 g/mol. The summed E-state index contributed by atoms with van der Waals surface area (Å²) in [6.45, 7) is 2.46. The van der Waals surface area contributed by atoms with Crippen molar-refractivity contribution >= 4 is 17.5 Å². The molecule has 0 radical (unpaired) electrons. The minimum absolute atomic E-state index is 0.0775. The van der Waals surface area contributed by atoms with Crippen LogP contribution in [-0.4, -0.2) is 44.3 Å². The van der Waals surface area contributed by atoms with Crippen LogP contribution in [-0.2, 0) is 14.3 Å². The fourth-order valence-electron chi connectivity index (χ4n) is 1.83. The molecule has 17 heavy (non-hydrogen) atoms. The van der Waals surface area contributed by atoms with Crippen molar-refractivity contribution in [3.05, 3.63) is 0 Å². The average molecular weight is 264 g/mol. The van der Waals surface area contributed by atoms with Gasteiger partial charge in [0.05, 0.1) is 19.3 Å². The first-order valence-corrected chi connectivity index (χ1v) is 6.88. The second-order valence-corrected chi connectivity index (χ2v) is 4.56. The van der Waals surface area contributed by atoms with Crippen LogP contribution < -0.4 is 5.32 Å². The first-order chi connectivity index (χ1) is 8.33. The van der Waals surface area contributed by atoms with Gasteiger partial charge in [-0.05, 0) is 25.7 Å². The van der Waals surface area contributed by atoms with Crippen LogP contribution in [0.2, 0.25) is 0 Å². The van der Waals surface area contributed by atoms with Crippen LogP contribution in [0.3, 0.4) is 0 Å². The lowest BCUT2D eigenvalue weighted by Crippen LogP contribution is -2.29. The summed E-state index contributed by atoms with van der Waals surface area (Å²) >= 11 is 5.45. The van der Waals surface area contributed by atoms with E-state index in [1.54, 1.807) is 0 Å². The lowest BCUT2D eigenvalue weighted by molar-refractivity contribution is -0.122. The average Bonchev–Trinajstić information content (AvgIpc) is 2.37. The van der Waals surface area contributed by atoms with Gasteiger partial charge in [-0.1, -0.05) is 0 Å². The van der Waals surface area contributed by atoms with Gasteiger partial charge in [0.1, 0.15) is 0 Å². The van der Waals surface area contributed by atoms with Crippen molar-refractivity contribution in [1.82, 2.24) is 5.32 Å². The summed E-state index contributed by atoms with van der Waals surface area (Å²) < 4.78 is 10.7. The van der Waals surface area contributed by atoms with Crippen LogP contribution in [0.15, 0.2) is 0 Å². The molecule has 0 bridgehead atoms. The summed E-state index contributed by atoms with van der Waals surface area (Å²) in [5.41, 5.74) is 0. The molecule has 0 aromatic carbocycles. The molecule has 1 unspecified atom stereocenters. The van der Waals surface area contributed by atoms with Gasteiger partial charge in [-0.15, -0.1) is 11.6 Å². The lowest BCUT2D eigenvalue weighted by atomic mass is 10.0. The number of rotatable bonds is 8. The number of hydrogen-bond acceptors (Lipinski definition) is 3. The first-order valence-electron chi connectivity index (χ1n) is 6.35. The minimum Gasteiger partial charge on any atom is -0.378 e. The largest absolute Gasteiger partial charge is 0.378 e. The fraction of sp³-hybridized carbons (Fsp3) is 0.917. The third kappa shape index (κ3) is 7.58. The predicted octanol–water partition coefficient (Wildman–Crippen LogP) is 1.71. The first kappa shape index (κ1) is 14.7. The van der Waals surface area contributed by atoms with Crippen molar-refractivity contribution in [2.45, 2.75) is 38.2 Å². The van der Waals surface area contributed by atoms with Gasteiger partial charge < -0.3 is 14.8 Å². The van der Waals surface area contributed by atoms with E-state index >= 15 is 0 Å². The van der Waals surface area contributed by atoms with Gasteiger partial charge in [-0.3, -0.25) is 4.79 Å². The zero-order chi connectivity index (χ0) is 12.3. The summed E-state index contributed by atoms with van der Waals surface area (Å²) in [7, 11) is 0. The summed E-state index contributed by atoms with van der Waals surface area (Å²) in [6.07, 6.45) is 5.11. The number of ether oxygens (including phenoxy) is 2. The fourth-order valence-corrected chi connectivity index (χ4v) is 1.94. The molecule has 1 aliphatic heterocycles. The Hall–Kier alpha value is -0.320. The molecule has 1 atom stereocenters. The van der Waals surface area contributed by atoms with Gasteiger partial charge in [-0.25, -0.2) is 0 Å². The second-order valence-electron chi connectivity index (χ2n) is 4.18. The number of nitrogens with one attached hydrogen (secondary N) is 1. The molecule has 100 valence electrons. The number of carbonyl (C=O) groups excluding carboxylic acids is 1. The molecular weight excluding hydrogens is 242 g/mol. The molecule has 1 saturated heterocycles. The molecule has 1 rings (SSSR count). The highest BCUT2D eigenvalue weighted by Gasteiger charge is 2.14. The molecule has 1 N–H and O–H groups in total. The predicted molar refractivity (Wildman–Crippen MR) is 67.4 cm³/mol. The van der Waals surface area contributed by atoms with Crippen molar-refractivity contribution in [2.75, 3.05) is 32.2 Å². The van der Waals surface area contributed by atoms with Crippen LogP contribution >= 0.6 is 11.6 Å². The van der Waals surface area contributed by atoms with Gasteiger partial charge in [0.2, 0.25) is 5.91 Å². The van der Waals surface area contributed by atoms with E-state index in [9.17, 15) is 4.79 Å². The molecule has 0 aromatic rings. The van der Waals surface area contributed by atoms with E-state index in [1.165, 1.54) is 6.42 Å². The standard InChI is InChI=1S/C12H22ClNO3/c13-6-9-16-10-7-14-12(15)5-4-11-3-1-2-8-17-11/h11H,1-10H2,(H,14,15). The minimum atomic E-state index is 0.0775. The second kappa shape index (κ2) is 9.68. The molecular formula is C12H22ClNO3. The van der Waals surface area contributed by atoms with E-state index in [1.807, 2.05) is 0 Å². The molecule has 0 aromatic heterocycles. The van der Waals surface area contributed by atoms with Gasteiger partial charge in [0.15, 0.2) is 0 Å². The summed E-state index contributed by atoms with van der Waals surface area (Å²) in [6, 6.07) is 0. The summed E-state index contributed by atoms with van der Waals surface area (Å²) in [5, 5.41) is 2.82. The van der Waals surface area contributed by atoms with Crippen LogP contribution in [0, 0.1) is 0 Å². The smallest absolute Gasteiger partial charge is 0.220 e. The SMILES string of the molecule is O=C(CCC1CCCCO1)NCCOCCCl. The lowest BCUT2D eigenvalue weighted by Gasteiger charge is -2.22. The highest BCUT2D eigenvalue weighted by Crippen LogP contribution is 2.16. The Labute approximate surface area is 108 Å². The van der Waals surface area contributed by atoms with E-state index in [0.717, 1.165) is 25.9 Å². The van der Waals surface area contributed by atoms with Crippen LogP contribution in [0.25, 0.3) is 0 Å². The number of alkyl halides is 1. The van der Waals surface area contributed by atoms with Crippen molar-refractivity contribution in [2.24, 2.45) is 0 Å². The Morgan fingerprint density at radius 1 is 1.41 bits per heavy atom. The topological polar surface area (TPSA) is 47.6 Å². The Morgan fingerprint density at radius 2 is 2.29 bits per heavy atom. The highest BCUT2D eigenvalue weighted by molar-refractivity contribution is 6.17. The van der Waals surface area contributed by atoms with Gasteiger partial charge in [0.25, 0.3) is 0 Å². The molecule has 0 aliphatic carbocycles. The van der Waals surface area contributed by atoms with Crippen molar-refractivity contribution in [1.29, 1.82) is 0 Å². The Bertz CT molecular complexity index is 208. The van der Waals surface area contributed by atoms with E-state index in [4.69, 9.17) is 21.1 Å². The van der Waals surface area contributed by atoms with Crippen LogP contribution in [0.4, 0.5) is 0 Å². The number of carbonyl (C=O) groups is 1. The quantitative estimate of drug-likeness (QED) is 0.536. The van der Waals surface area contributed by atoms with Crippen LogP contribution in [0.1, 0.15) is 32.1 Å². The molecule has 0 spiro atoms. The Kier molecular flexibility index (Phi) is 8.40. The summed E-state index contributed by atoms with van der Waals surface area (Å²) in [4.78, 5) is 11.5. The van der Waals surface area contributed by atoms with E-state index in [2.05, 4.69) is 5.32 Å². The van der Waals surface area contributed by atoms with Crippen molar-refractivity contribution < 1.29 is 14.3 Å². The van der Waals surface area contributed by atoms with Crippen molar-refractivity contribution in [3.8, 4) is 0 Å². The molecule has 0 saturated carbocycles. The molecule has 5 heteroatoms. The maximum Gasteiger partial charge on any atom is 0.220 e.